The molecule has 4 nitrogen and oxygen atoms in total. The van der Waals surface area contributed by atoms with Crippen LogP contribution in [0.5, 0.6) is 5.88 Å². The van der Waals surface area contributed by atoms with Gasteiger partial charge in [0.1, 0.15) is 11.4 Å². The number of nitrogens with zero attached hydrogens (tertiary/aromatic N) is 3. The number of hydrogen-bond donors (Lipinski definition) is 0. The second-order valence-corrected chi connectivity index (χ2v) is 7.57. The zero-order valence-electron chi connectivity index (χ0n) is 12.1. The van der Waals surface area contributed by atoms with E-state index in [-0.39, 0.29) is 5.41 Å². The maximum atomic E-state index is 5.30. The minimum atomic E-state index is 0.252. The van der Waals surface area contributed by atoms with Crippen molar-refractivity contribution in [3.63, 3.8) is 0 Å². The van der Waals surface area contributed by atoms with Crippen molar-refractivity contribution in [3.8, 4) is 5.88 Å². The number of aromatic nitrogens is 2. The van der Waals surface area contributed by atoms with E-state index in [1.165, 1.54) is 16.1 Å². The van der Waals surface area contributed by atoms with Crippen LogP contribution in [-0.2, 0) is 0 Å². The smallest absolute Gasteiger partial charge is 0.244 e. The molecule has 1 aromatic rings. The molecule has 3 rings (SSSR count). The van der Waals surface area contributed by atoms with Gasteiger partial charge in [-0.3, -0.25) is 0 Å². The predicted octanol–water partition coefficient (Wildman–Crippen LogP) is 4.06. The van der Waals surface area contributed by atoms with Crippen LogP contribution < -0.4 is 4.74 Å². The second kappa shape index (κ2) is 5.07. The Bertz CT molecular complexity index is 623. The van der Waals surface area contributed by atoms with Crippen molar-refractivity contribution in [2.75, 3.05) is 13.4 Å². The highest BCUT2D eigenvalue weighted by Gasteiger charge is 2.35. The summed E-state index contributed by atoms with van der Waals surface area (Å²) < 4.78 is 5.30. The Morgan fingerprint density at radius 2 is 2.10 bits per heavy atom. The van der Waals surface area contributed by atoms with Gasteiger partial charge in [0.2, 0.25) is 5.88 Å². The lowest BCUT2D eigenvalue weighted by Crippen LogP contribution is -2.25. The number of allylic oxidation sites excluding steroid dienone is 2. The van der Waals surface area contributed by atoms with Crippen molar-refractivity contribution in [2.45, 2.75) is 31.7 Å². The van der Waals surface area contributed by atoms with Gasteiger partial charge in [-0.2, -0.15) is 4.98 Å². The van der Waals surface area contributed by atoms with Crippen molar-refractivity contribution in [3.05, 3.63) is 16.1 Å². The molecule has 2 heterocycles. The molecule has 1 aromatic heterocycles. The van der Waals surface area contributed by atoms with E-state index in [1.807, 2.05) is 11.8 Å². The first-order valence-electron chi connectivity index (χ1n) is 6.46. The largest absolute Gasteiger partial charge is 0.479 e. The van der Waals surface area contributed by atoms with Gasteiger partial charge in [0, 0.05) is 9.81 Å². The Morgan fingerprint density at radius 1 is 1.30 bits per heavy atom. The minimum absolute atomic E-state index is 0.252. The first kappa shape index (κ1) is 13.9. The minimum Gasteiger partial charge on any atom is -0.479 e. The summed E-state index contributed by atoms with van der Waals surface area (Å²) in [5.41, 5.74) is 2.18. The van der Waals surface area contributed by atoms with Crippen molar-refractivity contribution >= 4 is 34.9 Å². The van der Waals surface area contributed by atoms with Crippen LogP contribution in [-0.4, -0.2) is 29.0 Å². The molecule has 0 amide bonds. The summed E-state index contributed by atoms with van der Waals surface area (Å²) in [6.45, 7) is 4.59. The molecule has 20 heavy (non-hydrogen) atoms. The summed E-state index contributed by atoms with van der Waals surface area (Å²) >= 11 is 3.52. The van der Waals surface area contributed by atoms with Crippen LogP contribution in [0.4, 0.5) is 5.69 Å². The topological polar surface area (TPSA) is 47.4 Å². The van der Waals surface area contributed by atoms with Gasteiger partial charge in [-0.1, -0.05) is 25.6 Å². The van der Waals surface area contributed by atoms with E-state index in [4.69, 9.17) is 9.73 Å². The second-order valence-electron chi connectivity index (χ2n) is 5.67. The Labute approximate surface area is 127 Å². The van der Waals surface area contributed by atoms with E-state index in [0.717, 1.165) is 29.3 Å². The zero-order valence-corrected chi connectivity index (χ0v) is 13.7. The molecule has 0 N–H and O–H groups in total. The standard InChI is InChI=1S/C14H17N3OS2/c1-14(2)5-8-11(9(6-14)19-4)20-13-10(17-8)12(18-3)15-7-16-13/h7H,5-6H2,1-4H3. The van der Waals surface area contributed by atoms with Crippen molar-refractivity contribution in [1.29, 1.82) is 0 Å². The maximum absolute atomic E-state index is 5.30. The number of ether oxygens (including phenoxy) is 1. The van der Waals surface area contributed by atoms with Gasteiger partial charge in [0.15, 0.2) is 5.69 Å². The summed E-state index contributed by atoms with van der Waals surface area (Å²) in [5, 5.41) is 0.891. The zero-order chi connectivity index (χ0) is 14.3. The van der Waals surface area contributed by atoms with E-state index < -0.39 is 0 Å². The molecule has 2 aliphatic rings. The lowest BCUT2D eigenvalue weighted by atomic mass is 9.80. The van der Waals surface area contributed by atoms with Crippen LogP contribution >= 0.6 is 23.5 Å². The molecular formula is C14H17N3OS2. The summed E-state index contributed by atoms with van der Waals surface area (Å²) in [5.74, 6) is 0.558. The van der Waals surface area contributed by atoms with Crippen molar-refractivity contribution < 1.29 is 4.74 Å². The van der Waals surface area contributed by atoms with Crippen LogP contribution in [0.2, 0.25) is 0 Å². The quantitative estimate of drug-likeness (QED) is 0.771. The fraction of sp³-hybridized carbons (Fsp3) is 0.500. The van der Waals surface area contributed by atoms with Crippen molar-refractivity contribution in [1.82, 2.24) is 9.97 Å². The third kappa shape index (κ3) is 2.35. The molecule has 0 fully saturated rings. The lowest BCUT2D eigenvalue weighted by Gasteiger charge is -2.34. The summed E-state index contributed by atoms with van der Waals surface area (Å²) in [6.07, 6.45) is 5.76. The van der Waals surface area contributed by atoms with Gasteiger partial charge < -0.3 is 4.74 Å². The third-order valence-electron chi connectivity index (χ3n) is 3.44. The van der Waals surface area contributed by atoms with Crippen LogP contribution in [0.25, 0.3) is 0 Å². The lowest BCUT2D eigenvalue weighted by molar-refractivity contribution is 0.379. The summed E-state index contributed by atoms with van der Waals surface area (Å²) in [6, 6.07) is 0. The average molecular weight is 307 g/mol. The first-order valence-corrected chi connectivity index (χ1v) is 8.50. The molecule has 0 unspecified atom stereocenters. The van der Waals surface area contributed by atoms with Crippen LogP contribution in [0.3, 0.4) is 0 Å². The molecule has 0 saturated carbocycles. The van der Waals surface area contributed by atoms with Gasteiger partial charge in [0.05, 0.1) is 12.8 Å². The Balaban J connectivity index is 2.15. The fourth-order valence-corrected chi connectivity index (χ4v) is 4.70. The normalized spacial score (nSPS) is 20.1. The summed E-state index contributed by atoms with van der Waals surface area (Å²) in [4.78, 5) is 16.0. The van der Waals surface area contributed by atoms with E-state index in [9.17, 15) is 0 Å². The highest BCUT2D eigenvalue weighted by molar-refractivity contribution is 8.07. The predicted molar refractivity (Wildman–Crippen MR) is 85.1 cm³/mol. The molecule has 0 spiro atoms. The average Bonchev–Trinajstić information content (AvgIpc) is 2.43. The Kier molecular flexibility index (Phi) is 3.54. The maximum Gasteiger partial charge on any atom is 0.244 e. The molecule has 106 valence electrons. The SMILES string of the molecule is COc1ncnc2c1N=C1CC(C)(C)CC(SC)=C1S2. The molecule has 0 radical (unpaired) electrons. The highest BCUT2D eigenvalue weighted by atomic mass is 32.2. The number of rotatable bonds is 2. The van der Waals surface area contributed by atoms with Crippen LogP contribution in [0, 0.1) is 5.41 Å². The number of methoxy groups -OCH3 is 1. The number of hydrogen-bond acceptors (Lipinski definition) is 6. The molecule has 0 bridgehead atoms. The number of thioether (sulfide) groups is 2. The first-order chi connectivity index (χ1) is 9.54. The third-order valence-corrected chi connectivity index (χ3v) is 5.59. The van der Waals surface area contributed by atoms with E-state index in [0.29, 0.717) is 5.88 Å². The number of aliphatic imine (C=N–C) groups is 1. The number of fused-ring (bicyclic) bond motifs is 2. The van der Waals surface area contributed by atoms with Crippen LogP contribution in [0.15, 0.2) is 26.2 Å². The van der Waals surface area contributed by atoms with Crippen LogP contribution in [0.1, 0.15) is 26.7 Å². The van der Waals surface area contributed by atoms with E-state index >= 15 is 0 Å². The molecule has 1 aliphatic heterocycles. The van der Waals surface area contributed by atoms with Gasteiger partial charge in [-0.05, 0) is 24.5 Å². The summed E-state index contributed by atoms with van der Waals surface area (Å²) in [7, 11) is 1.62. The van der Waals surface area contributed by atoms with Gasteiger partial charge in [-0.15, -0.1) is 11.8 Å². The highest BCUT2D eigenvalue weighted by Crippen LogP contribution is 2.51. The molecule has 0 saturated heterocycles. The van der Waals surface area contributed by atoms with Crippen molar-refractivity contribution in [2.24, 2.45) is 10.4 Å². The van der Waals surface area contributed by atoms with Gasteiger partial charge in [-0.25, -0.2) is 9.98 Å². The Morgan fingerprint density at radius 3 is 2.80 bits per heavy atom. The molecule has 0 atom stereocenters. The fourth-order valence-electron chi connectivity index (χ4n) is 2.54. The van der Waals surface area contributed by atoms with E-state index in [2.05, 4.69) is 30.1 Å². The molecule has 6 heteroatoms. The van der Waals surface area contributed by atoms with Gasteiger partial charge >= 0.3 is 0 Å². The van der Waals surface area contributed by atoms with E-state index in [1.54, 1.807) is 18.9 Å². The molecular weight excluding hydrogens is 290 g/mol. The monoisotopic (exact) mass is 307 g/mol. The van der Waals surface area contributed by atoms with Gasteiger partial charge in [0.25, 0.3) is 0 Å². The molecule has 0 aromatic carbocycles. The molecule has 1 aliphatic carbocycles. The Hall–Kier alpha value is -1.01.